The number of hydrogen-bond donors (Lipinski definition) is 3. The van der Waals surface area contributed by atoms with Crippen LogP contribution in [0.1, 0.15) is 51.5 Å². The van der Waals surface area contributed by atoms with Crippen molar-refractivity contribution in [1.29, 1.82) is 0 Å². The molecule has 1 rings (SSSR count). The second kappa shape index (κ2) is 8.81. The number of rotatable bonds is 8. The highest BCUT2D eigenvalue weighted by molar-refractivity contribution is 5.83. The van der Waals surface area contributed by atoms with Crippen LogP contribution >= 0.6 is 0 Å². The third-order valence-corrected chi connectivity index (χ3v) is 3.08. The molecule has 0 aliphatic carbocycles. The van der Waals surface area contributed by atoms with Gasteiger partial charge < -0.3 is 5.11 Å². The summed E-state index contributed by atoms with van der Waals surface area (Å²) in [6, 6.07) is 0. The molecule has 1 aromatic rings. The van der Waals surface area contributed by atoms with Crippen LogP contribution in [0.5, 0.6) is 5.88 Å². The van der Waals surface area contributed by atoms with Gasteiger partial charge in [-0.2, -0.15) is 5.10 Å². The van der Waals surface area contributed by atoms with E-state index in [1.807, 2.05) is 13.8 Å². The van der Waals surface area contributed by atoms with E-state index < -0.39 is 17.1 Å². The first-order valence-electron chi connectivity index (χ1n) is 7.39. The minimum Gasteiger partial charge on any atom is -0.494 e. The smallest absolute Gasteiger partial charge is 0.331 e. The highest BCUT2D eigenvalue weighted by Crippen LogP contribution is 2.08. The predicted molar refractivity (Wildman–Crippen MR) is 83.2 cm³/mol. The molecule has 0 saturated carbocycles. The van der Waals surface area contributed by atoms with Gasteiger partial charge >= 0.3 is 5.69 Å². The molecule has 1 amide bonds. The van der Waals surface area contributed by atoms with E-state index in [9.17, 15) is 19.5 Å². The van der Waals surface area contributed by atoms with Crippen molar-refractivity contribution in [1.82, 2.24) is 15.0 Å². The fraction of sp³-hybridized carbons (Fsp3) is 0.571. The van der Waals surface area contributed by atoms with Crippen molar-refractivity contribution in [2.75, 3.05) is 0 Å². The molecule has 3 N–H and O–H groups in total. The minimum absolute atomic E-state index is 0.161. The zero-order chi connectivity index (χ0) is 16.5. The summed E-state index contributed by atoms with van der Waals surface area (Å²) in [6.45, 7) is 4.21. The summed E-state index contributed by atoms with van der Waals surface area (Å²) >= 11 is 0. The number of unbranched alkanes of at least 4 members (excludes halogenated alkanes) is 2. The first kappa shape index (κ1) is 17.7. The lowest BCUT2D eigenvalue weighted by Gasteiger charge is -2.08. The molecule has 0 fully saturated rings. The third-order valence-electron chi connectivity index (χ3n) is 3.08. The maximum Gasteiger partial charge on any atom is 0.331 e. The first-order chi connectivity index (χ1) is 10.5. The molecule has 0 atom stereocenters. The van der Waals surface area contributed by atoms with E-state index in [4.69, 9.17) is 0 Å². The van der Waals surface area contributed by atoms with Crippen LogP contribution in [-0.4, -0.2) is 26.8 Å². The van der Waals surface area contributed by atoms with E-state index in [1.165, 1.54) is 0 Å². The number of carbonyl (C=O) groups excluding carboxylic acids is 1. The molecule has 0 saturated heterocycles. The van der Waals surface area contributed by atoms with Gasteiger partial charge in [-0.3, -0.25) is 19.1 Å². The molecule has 1 aromatic heterocycles. The molecule has 122 valence electrons. The second-order valence-corrected chi connectivity index (χ2v) is 4.90. The van der Waals surface area contributed by atoms with E-state index in [0.717, 1.165) is 30.0 Å². The Kier molecular flexibility index (Phi) is 7.07. The monoisotopic (exact) mass is 310 g/mol. The van der Waals surface area contributed by atoms with Gasteiger partial charge in [0.05, 0.1) is 6.21 Å². The third kappa shape index (κ3) is 4.87. The Morgan fingerprint density at radius 1 is 1.32 bits per heavy atom. The molecule has 0 spiro atoms. The number of carbonyl (C=O) groups is 1. The Morgan fingerprint density at radius 3 is 2.64 bits per heavy atom. The average Bonchev–Trinajstić information content (AvgIpc) is 2.48. The standard InChI is InChI=1S/C14H22N4O4/c1-3-5-7-11(19)17-15-9-10-12(20)16-14(22)18(13(10)21)8-6-4-2/h9,21H,3-8H2,1-2H3,(H,17,19)(H,16,20,22)/b15-9+. The molecule has 0 aromatic carbocycles. The van der Waals surface area contributed by atoms with Crippen molar-refractivity contribution in [3.8, 4) is 5.88 Å². The lowest BCUT2D eigenvalue weighted by Crippen LogP contribution is -2.32. The Labute approximate surface area is 127 Å². The zero-order valence-corrected chi connectivity index (χ0v) is 12.9. The van der Waals surface area contributed by atoms with E-state index in [1.54, 1.807) is 0 Å². The van der Waals surface area contributed by atoms with Gasteiger partial charge in [-0.25, -0.2) is 10.2 Å². The van der Waals surface area contributed by atoms with Crippen LogP contribution in [-0.2, 0) is 11.3 Å². The van der Waals surface area contributed by atoms with Crippen LogP contribution in [0.3, 0.4) is 0 Å². The maximum atomic E-state index is 11.7. The highest BCUT2D eigenvalue weighted by Gasteiger charge is 2.12. The average molecular weight is 310 g/mol. The quantitative estimate of drug-likeness (QED) is 0.483. The number of aromatic amines is 1. The van der Waals surface area contributed by atoms with Gasteiger partial charge in [0.2, 0.25) is 11.8 Å². The molecule has 8 heteroatoms. The fourth-order valence-electron chi connectivity index (χ4n) is 1.78. The van der Waals surface area contributed by atoms with E-state index in [0.29, 0.717) is 19.4 Å². The molecule has 0 aliphatic heterocycles. The van der Waals surface area contributed by atoms with Gasteiger partial charge in [0.15, 0.2) is 0 Å². The lowest BCUT2D eigenvalue weighted by molar-refractivity contribution is -0.121. The predicted octanol–water partition coefficient (Wildman–Crippen LogP) is 0.683. The number of nitrogens with one attached hydrogen (secondary N) is 2. The summed E-state index contributed by atoms with van der Waals surface area (Å²) < 4.78 is 1.07. The number of aromatic hydroxyl groups is 1. The largest absolute Gasteiger partial charge is 0.494 e. The number of aromatic nitrogens is 2. The number of hydrazone groups is 1. The van der Waals surface area contributed by atoms with Crippen molar-refractivity contribution in [2.24, 2.45) is 5.10 Å². The van der Waals surface area contributed by atoms with Crippen LogP contribution in [0.2, 0.25) is 0 Å². The maximum absolute atomic E-state index is 11.7. The number of H-pyrrole nitrogens is 1. The Morgan fingerprint density at radius 2 is 2.00 bits per heavy atom. The minimum atomic E-state index is -0.748. The number of amides is 1. The molecule has 22 heavy (non-hydrogen) atoms. The van der Waals surface area contributed by atoms with Gasteiger partial charge in [-0.15, -0.1) is 0 Å². The lowest BCUT2D eigenvalue weighted by atomic mass is 10.2. The van der Waals surface area contributed by atoms with Crippen molar-refractivity contribution in [3.63, 3.8) is 0 Å². The normalized spacial score (nSPS) is 11.0. The topological polar surface area (TPSA) is 117 Å². The van der Waals surface area contributed by atoms with Crippen molar-refractivity contribution in [3.05, 3.63) is 26.4 Å². The molecule has 0 bridgehead atoms. The SMILES string of the molecule is CCCCC(=O)N/N=C/c1c(O)n(CCCC)c(=O)[nH]c1=O. The van der Waals surface area contributed by atoms with E-state index in [-0.39, 0.29) is 11.5 Å². The number of hydrogen-bond acceptors (Lipinski definition) is 5. The molecule has 8 nitrogen and oxygen atoms in total. The number of nitrogens with zero attached hydrogens (tertiary/aromatic N) is 2. The van der Waals surface area contributed by atoms with Gasteiger partial charge in [0, 0.05) is 13.0 Å². The Balaban J connectivity index is 2.92. The van der Waals surface area contributed by atoms with Gasteiger partial charge in [-0.1, -0.05) is 26.7 Å². The van der Waals surface area contributed by atoms with Crippen molar-refractivity contribution >= 4 is 12.1 Å². The molecule has 0 unspecified atom stereocenters. The van der Waals surface area contributed by atoms with Gasteiger partial charge in [-0.05, 0) is 12.8 Å². The first-order valence-corrected chi connectivity index (χ1v) is 7.39. The molecule has 0 aliphatic rings. The van der Waals surface area contributed by atoms with Crippen LogP contribution < -0.4 is 16.7 Å². The van der Waals surface area contributed by atoms with Crippen LogP contribution in [0, 0.1) is 0 Å². The highest BCUT2D eigenvalue weighted by atomic mass is 16.3. The summed E-state index contributed by atoms with van der Waals surface area (Å²) in [4.78, 5) is 36.9. The van der Waals surface area contributed by atoms with Crippen LogP contribution in [0.4, 0.5) is 0 Å². The van der Waals surface area contributed by atoms with E-state index >= 15 is 0 Å². The fourth-order valence-corrected chi connectivity index (χ4v) is 1.78. The molecular weight excluding hydrogens is 288 g/mol. The molecule has 0 radical (unpaired) electrons. The molecule has 1 heterocycles. The van der Waals surface area contributed by atoms with Crippen LogP contribution in [0.15, 0.2) is 14.7 Å². The summed E-state index contributed by atoms with van der Waals surface area (Å²) in [5, 5.41) is 13.7. The summed E-state index contributed by atoms with van der Waals surface area (Å²) in [5.41, 5.74) is 0.701. The van der Waals surface area contributed by atoms with E-state index in [2.05, 4.69) is 15.5 Å². The Bertz CT molecular complexity index is 645. The van der Waals surface area contributed by atoms with Crippen LogP contribution in [0.25, 0.3) is 0 Å². The zero-order valence-electron chi connectivity index (χ0n) is 12.9. The van der Waals surface area contributed by atoms with Crippen molar-refractivity contribution < 1.29 is 9.90 Å². The second-order valence-electron chi connectivity index (χ2n) is 4.90. The molecular formula is C14H22N4O4. The summed E-state index contributed by atoms with van der Waals surface area (Å²) in [6.07, 6.45) is 4.53. The van der Waals surface area contributed by atoms with Crippen molar-refractivity contribution in [2.45, 2.75) is 52.5 Å². The summed E-state index contributed by atoms with van der Waals surface area (Å²) in [5.74, 6) is -0.720. The Hall–Kier alpha value is -2.38. The van der Waals surface area contributed by atoms with Gasteiger partial charge in [0.1, 0.15) is 5.56 Å². The summed E-state index contributed by atoms with van der Waals surface area (Å²) in [7, 11) is 0. The van der Waals surface area contributed by atoms with Gasteiger partial charge in [0.25, 0.3) is 5.56 Å².